The van der Waals surface area contributed by atoms with Crippen LogP contribution in [0.15, 0.2) is 48.0 Å². The molecule has 0 spiro atoms. The number of hydrogen-bond acceptors (Lipinski definition) is 4. The highest BCUT2D eigenvalue weighted by molar-refractivity contribution is 6.30. The van der Waals surface area contributed by atoms with Gasteiger partial charge < -0.3 is 0 Å². The van der Waals surface area contributed by atoms with Crippen molar-refractivity contribution in [1.29, 1.82) is 5.26 Å². The molecule has 0 saturated carbocycles. The minimum atomic E-state index is -0.793. The van der Waals surface area contributed by atoms with Crippen LogP contribution >= 0.6 is 11.6 Å². The lowest BCUT2D eigenvalue weighted by Crippen LogP contribution is -2.06. The summed E-state index contributed by atoms with van der Waals surface area (Å²) < 4.78 is 0. The van der Waals surface area contributed by atoms with Crippen LogP contribution in [0.3, 0.4) is 0 Å². The van der Waals surface area contributed by atoms with E-state index in [9.17, 15) is 20.2 Å². The summed E-state index contributed by atoms with van der Waals surface area (Å²) in [7, 11) is 0. The number of carbonyl (C=O) groups is 1. The smallest absolute Gasteiger partial charge is 0.274 e. The Morgan fingerprint density at radius 1 is 1.31 bits per heavy atom. The summed E-state index contributed by atoms with van der Waals surface area (Å²) in [5.74, 6) is -0.978. The van der Waals surface area contributed by atoms with Gasteiger partial charge in [-0.15, -0.1) is 0 Å². The van der Waals surface area contributed by atoms with Crippen LogP contribution in [0.4, 0.5) is 5.69 Å². The molecular weight excluding hydrogens is 352 g/mol. The fourth-order valence-corrected chi connectivity index (χ4v) is 2.74. The number of aryl methyl sites for hydroxylation is 1. The summed E-state index contributed by atoms with van der Waals surface area (Å²) >= 11 is 5.86. The second-order valence-corrected chi connectivity index (χ2v) is 6.42. The first-order chi connectivity index (χ1) is 12.3. The summed E-state index contributed by atoms with van der Waals surface area (Å²) in [6, 6.07) is 13.8. The second kappa shape index (κ2) is 8.41. The number of ketones is 1. The third-order valence-electron chi connectivity index (χ3n) is 4.00. The van der Waals surface area contributed by atoms with Crippen LogP contribution in [0.2, 0.25) is 5.02 Å². The number of halogens is 1. The number of nitrogens with zero attached hydrogens (tertiary/aromatic N) is 2. The van der Waals surface area contributed by atoms with Gasteiger partial charge in [0.25, 0.3) is 5.69 Å². The van der Waals surface area contributed by atoms with Crippen molar-refractivity contribution in [3.8, 4) is 6.07 Å². The number of nitro benzene ring substituents is 1. The third-order valence-corrected chi connectivity index (χ3v) is 4.25. The van der Waals surface area contributed by atoms with Gasteiger partial charge in [0.2, 0.25) is 0 Å². The van der Waals surface area contributed by atoms with Crippen molar-refractivity contribution in [1.82, 2.24) is 0 Å². The fourth-order valence-electron chi connectivity index (χ4n) is 2.62. The van der Waals surface area contributed by atoms with E-state index in [4.69, 9.17) is 11.6 Å². The second-order valence-electron chi connectivity index (χ2n) is 5.98. The maximum Gasteiger partial charge on any atom is 0.274 e. The molecule has 1 unspecified atom stereocenters. The molecule has 0 amide bonds. The Bertz CT molecular complexity index is 912. The van der Waals surface area contributed by atoms with Gasteiger partial charge >= 0.3 is 0 Å². The van der Waals surface area contributed by atoms with E-state index in [-0.39, 0.29) is 17.9 Å². The van der Waals surface area contributed by atoms with Crippen LogP contribution in [0, 0.1) is 28.4 Å². The number of nitro groups is 1. The first-order valence-corrected chi connectivity index (χ1v) is 8.31. The Kier molecular flexibility index (Phi) is 6.26. The molecule has 1 atom stereocenters. The van der Waals surface area contributed by atoms with Gasteiger partial charge in [0.1, 0.15) is 0 Å². The lowest BCUT2D eigenvalue weighted by Gasteiger charge is -2.12. The highest BCUT2D eigenvalue weighted by Crippen LogP contribution is 2.32. The van der Waals surface area contributed by atoms with Gasteiger partial charge in [0.05, 0.1) is 16.9 Å². The molecule has 132 valence electrons. The van der Waals surface area contributed by atoms with Crippen LogP contribution in [-0.4, -0.2) is 10.7 Å². The van der Waals surface area contributed by atoms with Crippen LogP contribution in [0.25, 0.3) is 6.08 Å². The van der Waals surface area contributed by atoms with E-state index in [1.54, 1.807) is 49.4 Å². The molecule has 26 heavy (non-hydrogen) atoms. The summed E-state index contributed by atoms with van der Waals surface area (Å²) in [6.45, 7) is 3.17. The van der Waals surface area contributed by atoms with E-state index >= 15 is 0 Å². The third kappa shape index (κ3) is 4.78. The van der Waals surface area contributed by atoms with Gasteiger partial charge in [0.15, 0.2) is 5.78 Å². The maximum absolute atomic E-state index is 12.0. The Morgan fingerprint density at radius 3 is 2.50 bits per heavy atom. The standard InChI is InChI=1S/C20H17ClN2O3/c1-13-3-8-19(20(9-13)23(25)26)17(12-22)11-16(14(2)24)10-15-4-6-18(21)7-5-15/h3-10,17H,11H2,1-2H3/b16-10+. The zero-order valence-corrected chi connectivity index (χ0v) is 15.2. The Morgan fingerprint density at radius 2 is 1.96 bits per heavy atom. The topological polar surface area (TPSA) is 84.0 Å². The molecule has 0 saturated heterocycles. The molecule has 0 bridgehead atoms. The van der Waals surface area contributed by atoms with Crippen molar-refractivity contribution in [3.63, 3.8) is 0 Å². The maximum atomic E-state index is 12.0. The van der Waals surface area contributed by atoms with E-state index < -0.39 is 10.8 Å². The Labute approximate surface area is 156 Å². The molecule has 0 N–H and O–H groups in total. The predicted octanol–water partition coefficient (Wildman–Crippen LogP) is 5.23. The molecular formula is C20H17ClN2O3. The van der Waals surface area contributed by atoms with Gasteiger partial charge in [0, 0.05) is 16.7 Å². The summed E-state index contributed by atoms with van der Waals surface area (Å²) in [5.41, 5.74) is 2.14. The molecule has 0 aliphatic carbocycles. The molecule has 0 heterocycles. The van der Waals surface area contributed by atoms with Crippen LogP contribution in [0.1, 0.15) is 36.0 Å². The van der Waals surface area contributed by atoms with Crippen molar-refractivity contribution >= 4 is 29.1 Å². The van der Waals surface area contributed by atoms with E-state index in [1.807, 2.05) is 0 Å². The molecule has 0 aliphatic heterocycles. The number of carbonyl (C=O) groups excluding carboxylic acids is 1. The van der Waals surface area contributed by atoms with Gasteiger partial charge in [-0.2, -0.15) is 5.26 Å². The highest BCUT2D eigenvalue weighted by atomic mass is 35.5. The normalized spacial score (nSPS) is 12.3. The van der Waals surface area contributed by atoms with Crippen molar-refractivity contribution in [2.24, 2.45) is 0 Å². The molecule has 0 radical (unpaired) electrons. The molecule has 0 aliphatic rings. The molecule has 0 aromatic heterocycles. The molecule has 5 nitrogen and oxygen atoms in total. The van der Waals surface area contributed by atoms with E-state index in [2.05, 4.69) is 6.07 Å². The van der Waals surface area contributed by atoms with Crippen molar-refractivity contribution in [2.45, 2.75) is 26.2 Å². The Balaban J connectivity index is 2.41. The molecule has 2 rings (SSSR count). The molecule has 0 fully saturated rings. The van der Waals surface area contributed by atoms with Crippen LogP contribution in [0.5, 0.6) is 0 Å². The van der Waals surface area contributed by atoms with Crippen LogP contribution < -0.4 is 0 Å². The number of hydrogen-bond donors (Lipinski definition) is 0. The van der Waals surface area contributed by atoms with E-state index in [0.29, 0.717) is 16.2 Å². The molecule has 6 heteroatoms. The van der Waals surface area contributed by atoms with E-state index in [0.717, 1.165) is 11.1 Å². The van der Waals surface area contributed by atoms with Crippen molar-refractivity contribution in [2.75, 3.05) is 0 Å². The zero-order chi connectivity index (χ0) is 19.3. The van der Waals surface area contributed by atoms with Gasteiger partial charge in [-0.3, -0.25) is 14.9 Å². The largest absolute Gasteiger partial charge is 0.295 e. The minimum Gasteiger partial charge on any atom is -0.295 e. The van der Waals surface area contributed by atoms with E-state index in [1.165, 1.54) is 13.0 Å². The molecule has 2 aromatic carbocycles. The summed E-state index contributed by atoms with van der Waals surface area (Å²) in [5, 5.41) is 21.5. The number of allylic oxidation sites excluding steroid dienone is 1. The lowest BCUT2D eigenvalue weighted by molar-refractivity contribution is -0.385. The number of Topliss-reactive ketones (excluding diaryl/α,β-unsaturated/α-hetero) is 1. The van der Waals surface area contributed by atoms with Crippen molar-refractivity contribution < 1.29 is 9.72 Å². The number of nitriles is 1. The first kappa shape index (κ1) is 19.4. The SMILES string of the molecule is CC(=O)/C(=C/c1ccc(Cl)cc1)CC(C#N)c1ccc(C)cc1[N+](=O)[O-]. The highest BCUT2D eigenvalue weighted by Gasteiger charge is 2.24. The van der Waals surface area contributed by atoms with Crippen molar-refractivity contribution in [3.05, 3.63) is 79.9 Å². The van der Waals surface area contributed by atoms with Gasteiger partial charge in [-0.1, -0.05) is 35.9 Å². The van der Waals surface area contributed by atoms with Crippen LogP contribution in [-0.2, 0) is 4.79 Å². The average Bonchev–Trinajstić information content (AvgIpc) is 2.60. The summed E-state index contributed by atoms with van der Waals surface area (Å²) in [4.78, 5) is 22.9. The summed E-state index contributed by atoms with van der Waals surface area (Å²) in [6.07, 6.45) is 1.78. The Hall–Kier alpha value is -2.97. The zero-order valence-electron chi connectivity index (χ0n) is 14.4. The molecule has 2 aromatic rings. The van der Waals surface area contributed by atoms with Gasteiger partial charge in [-0.05, 0) is 55.2 Å². The van der Waals surface area contributed by atoms with Gasteiger partial charge in [-0.25, -0.2) is 0 Å². The number of rotatable bonds is 6. The monoisotopic (exact) mass is 368 g/mol. The minimum absolute atomic E-state index is 0.0956. The average molecular weight is 369 g/mol. The quantitative estimate of drug-likeness (QED) is 0.397. The number of benzene rings is 2. The predicted molar refractivity (Wildman–Crippen MR) is 101 cm³/mol. The fraction of sp³-hybridized carbons (Fsp3) is 0.200. The lowest BCUT2D eigenvalue weighted by atomic mass is 9.89. The first-order valence-electron chi connectivity index (χ1n) is 7.93.